The monoisotopic (exact) mass is 282 g/mol. The predicted octanol–water partition coefficient (Wildman–Crippen LogP) is 0.657. The van der Waals surface area contributed by atoms with E-state index in [4.69, 9.17) is 15.2 Å². The molecule has 5 heteroatoms. The van der Waals surface area contributed by atoms with Crippen molar-refractivity contribution < 1.29 is 9.47 Å². The highest BCUT2D eigenvalue weighted by Gasteiger charge is 2.17. The van der Waals surface area contributed by atoms with Crippen LogP contribution in [0, 0.1) is 0 Å². The van der Waals surface area contributed by atoms with Crippen LogP contribution in [0.2, 0.25) is 5.54 Å². The third-order valence-electron chi connectivity index (χ3n) is 3.15. The van der Waals surface area contributed by atoms with E-state index in [0.717, 1.165) is 13.0 Å². The van der Waals surface area contributed by atoms with Crippen LogP contribution in [0.1, 0.15) is 12.5 Å². The summed E-state index contributed by atoms with van der Waals surface area (Å²) in [5.41, 5.74) is 7.70. The summed E-state index contributed by atoms with van der Waals surface area (Å²) < 4.78 is 10.7. The molecule has 0 aliphatic rings. The minimum Gasteiger partial charge on any atom is -0.360 e. The Hall–Kier alpha value is -0.723. The van der Waals surface area contributed by atoms with Crippen molar-refractivity contribution in [3.63, 3.8) is 0 Å². The third kappa shape index (κ3) is 6.84. The first-order valence-electron chi connectivity index (χ1n) is 6.74. The van der Waals surface area contributed by atoms with Crippen LogP contribution < -0.4 is 11.1 Å². The summed E-state index contributed by atoms with van der Waals surface area (Å²) in [5, 5.41) is 3.32. The number of nitrogens with two attached hydrogens (primary N) is 1. The van der Waals surface area contributed by atoms with Gasteiger partial charge < -0.3 is 20.5 Å². The van der Waals surface area contributed by atoms with Crippen molar-refractivity contribution in [3.8, 4) is 0 Å². The van der Waals surface area contributed by atoms with Gasteiger partial charge in [-0.25, -0.2) is 0 Å². The number of hydrogen-bond donors (Lipinski definition) is 2. The van der Waals surface area contributed by atoms with Crippen LogP contribution in [0.25, 0.3) is 0 Å². The van der Waals surface area contributed by atoms with Crippen LogP contribution in [-0.2, 0) is 15.9 Å². The van der Waals surface area contributed by atoms with Gasteiger partial charge in [0.2, 0.25) is 0 Å². The molecule has 0 saturated heterocycles. The van der Waals surface area contributed by atoms with Crippen LogP contribution in [-0.4, -0.2) is 42.4 Å². The third-order valence-corrected chi connectivity index (χ3v) is 5.44. The van der Waals surface area contributed by atoms with Gasteiger partial charge in [-0.15, -0.1) is 0 Å². The molecule has 108 valence electrons. The maximum Gasteiger partial charge on any atom is 0.134 e. The van der Waals surface area contributed by atoms with Gasteiger partial charge in [0.15, 0.2) is 0 Å². The summed E-state index contributed by atoms with van der Waals surface area (Å²) in [7, 11) is 2.91. The fraction of sp³-hybridized carbons (Fsp3) is 0.571. The van der Waals surface area contributed by atoms with Crippen molar-refractivity contribution in [3.05, 3.63) is 35.9 Å². The number of hydrogen-bond acceptors (Lipinski definition) is 4. The van der Waals surface area contributed by atoms with Crippen molar-refractivity contribution in [1.29, 1.82) is 0 Å². The molecule has 0 aromatic heterocycles. The molecule has 0 spiro atoms. The first-order chi connectivity index (χ1) is 9.15. The number of methoxy groups -OCH3 is 2. The Labute approximate surface area is 118 Å². The average Bonchev–Trinajstić information content (AvgIpc) is 2.42. The Morgan fingerprint density at radius 2 is 1.84 bits per heavy atom. The molecule has 1 aromatic carbocycles. The fourth-order valence-electron chi connectivity index (χ4n) is 2.10. The molecule has 19 heavy (non-hydrogen) atoms. The molecule has 0 fully saturated rings. The second kappa shape index (κ2) is 9.22. The zero-order valence-corrected chi connectivity index (χ0v) is 13.5. The lowest BCUT2D eigenvalue weighted by atomic mass is 10.1. The lowest BCUT2D eigenvalue weighted by Gasteiger charge is -2.22. The molecule has 3 N–H and O–H groups in total. The SMILES string of the molecule is COC(OC)[SiH2]C(CNC(C)N)Cc1ccccc1. The van der Waals surface area contributed by atoms with Gasteiger partial charge in [-0.05, 0) is 31.0 Å². The fourth-order valence-corrected chi connectivity index (χ4v) is 3.86. The molecule has 1 rings (SSSR count). The van der Waals surface area contributed by atoms with Crippen molar-refractivity contribution in [1.82, 2.24) is 5.32 Å². The molecule has 0 aliphatic carbocycles. The van der Waals surface area contributed by atoms with Crippen molar-refractivity contribution in [2.24, 2.45) is 5.73 Å². The molecule has 4 nitrogen and oxygen atoms in total. The molecule has 0 saturated carbocycles. The van der Waals surface area contributed by atoms with E-state index in [2.05, 4.69) is 29.6 Å². The van der Waals surface area contributed by atoms with E-state index in [1.54, 1.807) is 14.2 Å². The van der Waals surface area contributed by atoms with Gasteiger partial charge in [0.05, 0.1) is 15.7 Å². The van der Waals surface area contributed by atoms with E-state index in [9.17, 15) is 0 Å². The Balaban J connectivity index is 2.57. The summed E-state index contributed by atoms with van der Waals surface area (Å²) in [6, 6.07) is 10.5. The van der Waals surface area contributed by atoms with Gasteiger partial charge in [-0.3, -0.25) is 0 Å². The van der Waals surface area contributed by atoms with E-state index in [1.807, 2.05) is 13.0 Å². The number of nitrogens with one attached hydrogen (secondary N) is 1. The zero-order valence-electron chi connectivity index (χ0n) is 12.1. The molecule has 2 atom stereocenters. The van der Waals surface area contributed by atoms with Crippen LogP contribution in [0.15, 0.2) is 30.3 Å². The smallest absolute Gasteiger partial charge is 0.134 e. The van der Waals surface area contributed by atoms with Crippen molar-refractivity contribution in [2.75, 3.05) is 20.8 Å². The first-order valence-corrected chi connectivity index (χ1v) is 8.37. The maximum atomic E-state index is 5.77. The molecule has 1 aromatic rings. The van der Waals surface area contributed by atoms with Gasteiger partial charge in [0.1, 0.15) is 5.91 Å². The summed E-state index contributed by atoms with van der Waals surface area (Å²) in [6.07, 6.45) is 1.08. The van der Waals surface area contributed by atoms with Gasteiger partial charge >= 0.3 is 0 Å². The Kier molecular flexibility index (Phi) is 7.93. The standard InChI is InChI=1S/C14H26N2O2Si/c1-11(15)16-10-13(19-14(17-2)18-3)9-12-7-5-4-6-8-12/h4-8,11,13-14,16H,9-10,15,19H2,1-3H3. The first kappa shape index (κ1) is 16.3. The van der Waals surface area contributed by atoms with Crippen LogP contribution >= 0.6 is 0 Å². The van der Waals surface area contributed by atoms with E-state index in [0.29, 0.717) is 5.54 Å². The summed E-state index contributed by atoms with van der Waals surface area (Å²) in [6.45, 7) is 2.88. The van der Waals surface area contributed by atoms with Gasteiger partial charge in [0, 0.05) is 14.2 Å². The van der Waals surface area contributed by atoms with Gasteiger partial charge in [-0.1, -0.05) is 30.3 Å². The highest BCUT2D eigenvalue weighted by molar-refractivity contribution is 6.38. The maximum absolute atomic E-state index is 5.77. The van der Waals surface area contributed by atoms with E-state index < -0.39 is 9.52 Å². The Bertz CT molecular complexity index is 331. The largest absolute Gasteiger partial charge is 0.360 e. The predicted molar refractivity (Wildman–Crippen MR) is 81.9 cm³/mol. The Morgan fingerprint density at radius 3 is 2.37 bits per heavy atom. The molecule has 0 bridgehead atoms. The van der Waals surface area contributed by atoms with Crippen molar-refractivity contribution in [2.45, 2.75) is 31.0 Å². The minimum atomic E-state index is -0.510. The molecule has 0 amide bonds. The molecule has 2 unspecified atom stereocenters. The molecular weight excluding hydrogens is 256 g/mol. The topological polar surface area (TPSA) is 56.5 Å². The summed E-state index contributed by atoms with van der Waals surface area (Å²) in [5.74, 6) is -0.0245. The number of benzene rings is 1. The lowest BCUT2D eigenvalue weighted by molar-refractivity contribution is -0.0448. The molecular formula is C14H26N2O2Si. The number of ether oxygens (including phenoxy) is 2. The Morgan fingerprint density at radius 1 is 1.21 bits per heavy atom. The van der Waals surface area contributed by atoms with Crippen molar-refractivity contribution >= 4 is 9.52 Å². The minimum absolute atomic E-state index is 0.0239. The average molecular weight is 282 g/mol. The van der Waals surface area contributed by atoms with Crippen LogP contribution in [0.4, 0.5) is 0 Å². The van der Waals surface area contributed by atoms with Crippen LogP contribution in [0.3, 0.4) is 0 Å². The number of rotatable bonds is 9. The molecule has 0 radical (unpaired) electrons. The van der Waals surface area contributed by atoms with E-state index in [-0.39, 0.29) is 12.1 Å². The highest BCUT2D eigenvalue weighted by Crippen LogP contribution is 2.14. The van der Waals surface area contributed by atoms with E-state index >= 15 is 0 Å². The second-order valence-electron chi connectivity index (χ2n) is 4.89. The van der Waals surface area contributed by atoms with E-state index in [1.165, 1.54) is 5.56 Å². The highest BCUT2D eigenvalue weighted by atomic mass is 28.2. The summed E-state index contributed by atoms with van der Waals surface area (Å²) >= 11 is 0. The normalized spacial score (nSPS) is 15.2. The quantitative estimate of drug-likeness (QED) is 0.516. The zero-order chi connectivity index (χ0) is 14.1. The summed E-state index contributed by atoms with van der Waals surface area (Å²) in [4.78, 5) is 0. The van der Waals surface area contributed by atoms with Crippen LogP contribution in [0.5, 0.6) is 0 Å². The van der Waals surface area contributed by atoms with Gasteiger partial charge in [-0.2, -0.15) is 0 Å². The molecule has 0 aliphatic heterocycles. The second-order valence-corrected chi connectivity index (χ2v) is 7.18. The van der Waals surface area contributed by atoms with Gasteiger partial charge in [0.25, 0.3) is 0 Å². The lowest BCUT2D eigenvalue weighted by Crippen LogP contribution is -2.39. The molecule has 0 heterocycles.